The van der Waals surface area contributed by atoms with Gasteiger partial charge in [0.1, 0.15) is 6.04 Å². The van der Waals surface area contributed by atoms with Crippen LogP contribution >= 0.6 is 17.0 Å². The Labute approximate surface area is 101 Å². The summed E-state index contributed by atoms with van der Waals surface area (Å²) in [6, 6.07) is -0.196. The van der Waals surface area contributed by atoms with Crippen LogP contribution in [0, 0.1) is 0 Å². The SMILES string of the molecule is Br.CCCCOC(=O)C(C)N1C=CNC1. The molecule has 0 fully saturated rings. The summed E-state index contributed by atoms with van der Waals surface area (Å²) in [7, 11) is 0. The number of ether oxygens (including phenoxy) is 1. The minimum Gasteiger partial charge on any atom is -0.464 e. The predicted molar refractivity (Wildman–Crippen MR) is 64.6 cm³/mol. The van der Waals surface area contributed by atoms with Gasteiger partial charge in [-0.05, 0) is 13.3 Å². The molecule has 88 valence electrons. The van der Waals surface area contributed by atoms with E-state index in [1.807, 2.05) is 24.2 Å². The van der Waals surface area contributed by atoms with Gasteiger partial charge in [-0.1, -0.05) is 13.3 Å². The number of hydrogen-bond acceptors (Lipinski definition) is 4. The van der Waals surface area contributed by atoms with E-state index in [2.05, 4.69) is 12.2 Å². The second-order valence-electron chi connectivity index (χ2n) is 3.39. The molecule has 0 amide bonds. The molecule has 4 nitrogen and oxygen atoms in total. The highest BCUT2D eigenvalue weighted by Crippen LogP contribution is 2.05. The van der Waals surface area contributed by atoms with Crippen LogP contribution in [0.2, 0.25) is 0 Å². The standard InChI is InChI=1S/C10H18N2O2.BrH/c1-3-4-7-14-10(13)9(2)12-6-5-11-8-12;/h5-6,9,11H,3-4,7-8H2,1-2H3;1H. The van der Waals surface area contributed by atoms with Crippen LogP contribution in [0.4, 0.5) is 0 Å². The van der Waals surface area contributed by atoms with Crippen LogP contribution in [0.5, 0.6) is 0 Å². The molecule has 0 aliphatic carbocycles. The van der Waals surface area contributed by atoms with Gasteiger partial charge in [-0.25, -0.2) is 4.79 Å². The molecule has 0 aromatic rings. The van der Waals surface area contributed by atoms with Gasteiger partial charge in [-0.15, -0.1) is 17.0 Å². The maximum atomic E-state index is 11.5. The lowest BCUT2D eigenvalue weighted by Gasteiger charge is -2.21. The van der Waals surface area contributed by atoms with Gasteiger partial charge in [0.05, 0.1) is 13.3 Å². The summed E-state index contributed by atoms with van der Waals surface area (Å²) in [5.74, 6) is -0.146. The molecule has 1 unspecified atom stereocenters. The lowest BCUT2D eigenvalue weighted by Crippen LogP contribution is -2.37. The van der Waals surface area contributed by atoms with Crippen molar-refractivity contribution in [3.63, 3.8) is 0 Å². The van der Waals surface area contributed by atoms with Crippen LogP contribution in [0.15, 0.2) is 12.4 Å². The average Bonchev–Trinajstić information content (AvgIpc) is 2.69. The zero-order valence-corrected chi connectivity index (χ0v) is 10.9. The minimum absolute atomic E-state index is 0. The largest absolute Gasteiger partial charge is 0.464 e. The molecule has 0 bridgehead atoms. The molecule has 0 radical (unpaired) electrons. The third kappa shape index (κ3) is 4.55. The first-order chi connectivity index (χ1) is 6.75. The average molecular weight is 279 g/mol. The molecule has 1 aliphatic heterocycles. The van der Waals surface area contributed by atoms with Crippen molar-refractivity contribution in [2.24, 2.45) is 0 Å². The first-order valence-corrected chi connectivity index (χ1v) is 5.08. The molecule has 1 N–H and O–H groups in total. The van der Waals surface area contributed by atoms with Crippen molar-refractivity contribution in [1.82, 2.24) is 10.2 Å². The third-order valence-corrected chi connectivity index (χ3v) is 2.24. The van der Waals surface area contributed by atoms with E-state index in [9.17, 15) is 4.79 Å². The van der Waals surface area contributed by atoms with Crippen molar-refractivity contribution in [2.45, 2.75) is 32.7 Å². The first-order valence-electron chi connectivity index (χ1n) is 5.08. The Balaban J connectivity index is 0.00000196. The van der Waals surface area contributed by atoms with Crippen LogP contribution in [0.25, 0.3) is 0 Å². The molecule has 1 heterocycles. The van der Waals surface area contributed by atoms with Crippen LogP contribution in [-0.4, -0.2) is 30.2 Å². The zero-order valence-electron chi connectivity index (χ0n) is 9.23. The predicted octanol–water partition coefficient (Wildman–Crippen LogP) is 1.63. The summed E-state index contributed by atoms with van der Waals surface area (Å²) >= 11 is 0. The summed E-state index contributed by atoms with van der Waals surface area (Å²) < 4.78 is 5.11. The van der Waals surface area contributed by atoms with Gasteiger partial charge >= 0.3 is 5.97 Å². The number of unbranched alkanes of at least 4 members (excludes halogenated alkanes) is 1. The Morgan fingerprint density at radius 1 is 1.67 bits per heavy atom. The normalized spacial score (nSPS) is 15.5. The summed E-state index contributed by atoms with van der Waals surface area (Å²) in [5.41, 5.74) is 0. The van der Waals surface area contributed by atoms with E-state index in [4.69, 9.17) is 4.74 Å². The van der Waals surface area contributed by atoms with Crippen molar-refractivity contribution in [1.29, 1.82) is 0 Å². The highest BCUT2D eigenvalue weighted by molar-refractivity contribution is 8.93. The van der Waals surface area contributed by atoms with E-state index in [1.54, 1.807) is 0 Å². The van der Waals surface area contributed by atoms with Crippen LogP contribution in [-0.2, 0) is 9.53 Å². The minimum atomic E-state index is -0.196. The van der Waals surface area contributed by atoms with Gasteiger partial charge in [0.2, 0.25) is 0 Å². The molecule has 1 atom stereocenters. The van der Waals surface area contributed by atoms with Crippen LogP contribution in [0.3, 0.4) is 0 Å². The fourth-order valence-corrected chi connectivity index (χ4v) is 1.20. The molecule has 0 spiro atoms. The van der Waals surface area contributed by atoms with E-state index in [-0.39, 0.29) is 29.0 Å². The molecule has 0 saturated heterocycles. The van der Waals surface area contributed by atoms with Gasteiger partial charge < -0.3 is 15.0 Å². The number of rotatable bonds is 5. The van der Waals surface area contributed by atoms with Gasteiger partial charge in [0.25, 0.3) is 0 Å². The highest BCUT2D eigenvalue weighted by atomic mass is 79.9. The number of halogens is 1. The maximum absolute atomic E-state index is 11.5. The zero-order chi connectivity index (χ0) is 10.4. The Hall–Kier alpha value is -0.710. The number of esters is 1. The lowest BCUT2D eigenvalue weighted by molar-refractivity contribution is -0.148. The third-order valence-electron chi connectivity index (χ3n) is 2.24. The molecule has 1 rings (SSSR count). The molecule has 15 heavy (non-hydrogen) atoms. The lowest BCUT2D eigenvalue weighted by atomic mass is 10.3. The van der Waals surface area contributed by atoms with E-state index < -0.39 is 0 Å². The topological polar surface area (TPSA) is 41.6 Å². The summed E-state index contributed by atoms with van der Waals surface area (Å²) in [4.78, 5) is 13.4. The van der Waals surface area contributed by atoms with E-state index >= 15 is 0 Å². The van der Waals surface area contributed by atoms with E-state index in [0.29, 0.717) is 13.3 Å². The second kappa shape index (κ2) is 7.56. The quantitative estimate of drug-likeness (QED) is 0.613. The number of carbonyl (C=O) groups is 1. The number of nitrogens with one attached hydrogen (secondary N) is 1. The Morgan fingerprint density at radius 3 is 2.93 bits per heavy atom. The second-order valence-corrected chi connectivity index (χ2v) is 3.39. The molecule has 5 heteroatoms. The van der Waals surface area contributed by atoms with Crippen molar-refractivity contribution in [2.75, 3.05) is 13.3 Å². The van der Waals surface area contributed by atoms with Crippen molar-refractivity contribution >= 4 is 23.0 Å². The smallest absolute Gasteiger partial charge is 0.328 e. The van der Waals surface area contributed by atoms with E-state index in [1.165, 1.54) is 0 Å². The molecule has 0 aromatic carbocycles. The van der Waals surface area contributed by atoms with Crippen molar-refractivity contribution in [3.8, 4) is 0 Å². The van der Waals surface area contributed by atoms with Crippen LogP contribution < -0.4 is 5.32 Å². The summed E-state index contributed by atoms with van der Waals surface area (Å²) in [5, 5.41) is 3.01. The van der Waals surface area contributed by atoms with Gasteiger partial charge in [-0.2, -0.15) is 0 Å². The molecular weight excluding hydrogens is 260 g/mol. The van der Waals surface area contributed by atoms with Gasteiger partial charge in [-0.3, -0.25) is 0 Å². The number of hydrogen-bond donors (Lipinski definition) is 1. The highest BCUT2D eigenvalue weighted by Gasteiger charge is 2.21. The van der Waals surface area contributed by atoms with Gasteiger partial charge in [0.15, 0.2) is 0 Å². The van der Waals surface area contributed by atoms with Crippen molar-refractivity contribution in [3.05, 3.63) is 12.4 Å². The first kappa shape index (κ1) is 14.3. The summed E-state index contributed by atoms with van der Waals surface area (Å²) in [6.45, 7) is 5.14. The molecule has 0 saturated carbocycles. The number of nitrogens with zero attached hydrogens (tertiary/aromatic N) is 1. The molecule has 1 aliphatic rings. The van der Waals surface area contributed by atoms with Crippen LogP contribution in [0.1, 0.15) is 26.7 Å². The Morgan fingerprint density at radius 2 is 2.40 bits per heavy atom. The molecular formula is C10H19BrN2O2. The fraction of sp³-hybridized carbons (Fsp3) is 0.700. The van der Waals surface area contributed by atoms with E-state index in [0.717, 1.165) is 12.8 Å². The van der Waals surface area contributed by atoms with Crippen molar-refractivity contribution < 1.29 is 9.53 Å². The van der Waals surface area contributed by atoms with Gasteiger partial charge in [0, 0.05) is 12.4 Å². The Kier molecular flexibility index (Phi) is 7.21. The monoisotopic (exact) mass is 278 g/mol. The number of carbonyl (C=O) groups excluding carboxylic acids is 1. The Bertz CT molecular complexity index is 221. The fourth-order valence-electron chi connectivity index (χ4n) is 1.20. The summed E-state index contributed by atoms with van der Waals surface area (Å²) in [6.07, 6.45) is 5.68. The molecule has 0 aromatic heterocycles. The maximum Gasteiger partial charge on any atom is 0.328 e.